The Labute approximate surface area is 169 Å². The summed E-state index contributed by atoms with van der Waals surface area (Å²) >= 11 is 4.32. The lowest BCUT2D eigenvalue weighted by Crippen LogP contribution is -2.23. The summed E-state index contributed by atoms with van der Waals surface area (Å²) in [4.78, 5) is 8.71. The van der Waals surface area contributed by atoms with Crippen molar-refractivity contribution in [2.75, 3.05) is 5.32 Å². The molecule has 3 aromatic rings. The van der Waals surface area contributed by atoms with Crippen LogP contribution in [-0.2, 0) is 6.54 Å². The first kappa shape index (κ1) is 21.3. The molecule has 1 aromatic heterocycles. The molecule has 3 rings (SSSR count). The van der Waals surface area contributed by atoms with E-state index in [-0.39, 0.29) is 39.6 Å². The van der Waals surface area contributed by atoms with Crippen LogP contribution in [0.5, 0.6) is 0 Å². The van der Waals surface area contributed by atoms with Crippen molar-refractivity contribution in [1.29, 1.82) is 0 Å². The van der Waals surface area contributed by atoms with Crippen LogP contribution in [0, 0.1) is 17.5 Å². The smallest absolute Gasteiger partial charge is 0.193 e. The van der Waals surface area contributed by atoms with Crippen LogP contribution in [0.3, 0.4) is 0 Å². The fourth-order valence-corrected chi connectivity index (χ4v) is 2.74. The SMILES string of the molecule is C.NC(=NCc1ccccn1)Nc1c(S)cccc1-c1cc(F)cc(F)c1F.[HH].[HH]. The molecule has 0 aliphatic heterocycles. The van der Waals surface area contributed by atoms with E-state index >= 15 is 0 Å². The Bertz CT molecular complexity index is 1000. The zero-order valence-electron chi connectivity index (χ0n) is 14.0. The van der Waals surface area contributed by atoms with E-state index in [0.29, 0.717) is 16.7 Å². The monoisotopic (exact) mass is 408 g/mol. The van der Waals surface area contributed by atoms with Gasteiger partial charge in [0, 0.05) is 31.1 Å². The fourth-order valence-electron chi connectivity index (χ4n) is 2.47. The van der Waals surface area contributed by atoms with Crippen molar-refractivity contribution >= 4 is 24.3 Å². The molecule has 0 spiro atoms. The van der Waals surface area contributed by atoms with Crippen LogP contribution in [0.4, 0.5) is 18.9 Å². The number of pyridine rings is 1. The number of benzene rings is 2. The molecule has 0 radical (unpaired) electrons. The highest BCUT2D eigenvalue weighted by Gasteiger charge is 2.17. The quantitative estimate of drug-likeness (QED) is 0.231. The Morgan fingerprint density at radius 1 is 1.11 bits per heavy atom. The molecule has 0 aliphatic carbocycles. The Morgan fingerprint density at radius 2 is 1.89 bits per heavy atom. The number of aliphatic imine (C=N–C) groups is 1. The van der Waals surface area contributed by atoms with E-state index in [1.807, 2.05) is 6.07 Å². The van der Waals surface area contributed by atoms with Gasteiger partial charge in [0.05, 0.1) is 17.9 Å². The zero-order chi connectivity index (χ0) is 19.4. The molecule has 0 saturated heterocycles. The molecule has 0 unspecified atom stereocenters. The van der Waals surface area contributed by atoms with Crippen molar-refractivity contribution in [2.45, 2.75) is 18.9 Å². The highest BCUT2D eigenvalue weighted by Crippen LogP contribution is 2.35. The molecule has 0 aliphatic rings. The second-order valence-corrected chi connectivity index (χ2v) is 6.08. The van der Waals surface area contributed by atoms with Crippen LogP contribution in [-0.4, -0.2) is 10.9 Å². The van der Waals surface area contributed by atoms with Gasteiger partial charge >= 0.3 is 0 Å². The fraction of sp³-hybridized carbons (Fsp3) is 0.100. The molecule has 4 nitrogen and oxygen atoms in total. The minimum absolute atomic E-state index is 0. The second-order valence-electron chi connectivity index (χ2n) is 5.60. The molecule has 0 amide bonds. The first-order chi connectivity index (χ1) is 13.0. The zero-order valence-corrected chi connectivity index (χ0v) is 14.9. The Hall–Kier alpha value is -3.00. The van der Waals surface area contributed by atoms with Crippen molar-refractivity contribution in [3.63, 3.8) is 0 Å². The Kier molecular flexibility index (Phi) is 7.06. The van der Waals surface area contributed by atoms with Crippen LogP contribution in [0.25, 0.3) is 11.1 Å². The van der Waals surface area contributed by atoms with Gasteiger partial charge in [0.15, 0.2) is 17.6 Å². The van der Waals surface area contributed by atoms with Gasteiger partial charge in [-0.05, 0) is 24.3 Å². The van der Waals surface area contributed by atoms with E-state index in [0.717, 1.165) is 6.07 Å². The number of guanidine groups is 1. The molecule has 0 atom stereocenters. The number of hydrogen-bond acceptors (Lipinski definition) is 3. The number of halogens is 3. The first-order valence-electron chi connectivity index (χ1n) is 7.89. The summed E-state index contributed by atoms with van der Waals surface area (Å²) in [5, 5.41) is 2.83. The predicted molar refractivity (Wildman–Crippen MR) is 113 cm³/mol. The molecule has 150 valence electrons. The average molecular weight is 408 g/mol. The summed E-state index contributed by atoms with van der Waals surface area (Å²) in [5.41, 5.74) is 6.85. The van der Waals surface area contributed by atoms with E-state index in [4.69, 9.17) is 5.73 Å². The maximum absolute atomic E-state index is 14.2. The van der Waals surface area contributed by atoms with Gasteiger partial charge in [0.1, 0.15) is 5.82 Å². The van der Waals surface area contributed by atoms with E-state index in [2.05, 4.69) is 27.9 Å². The summed E-state index contributed by atoms with van der Waals surface area (Å²) in [6.07, 6.45) is 1.64. The van der Waals surface area contributed by atoms with Gasteiger partial charge in [-0.25, -0.2) is 18.2 Å². The highest BCUT2D eigenvalue weighted by molar-refractivity contribution is 7.80. The van der Waals surface area contributed by atoms with Crippen molar-refractivity contribution in [1.82, 2.24) is 4.98 Å². The normalized spacial score (nSPS) is 11.1. The topological polar surface area (TPSA) is 63.3 Å². The maximum Gasteiger partial charge on any atom is 0.193 e. The summed E-state index contributed by atoms with van der Waals surface area (Å²) in [5.74, 6) is -3.31. The van der Waals surface area contributed by atoms with Crippen LogP contribution in [0.1, 0.15) is 16.0 Å². The molecular formula is C20H23F3N4S. The van der Waals surface area contributed by atoms with Gasteiger partial charge in [-0.2, -0.15) is 0 Å². The number of nitrogens with zero attached hydrogens (tertiary/aromatic N) is 2. The number of nitrogens with one attached hydrogen (secondary N) is 1. The molecule has 3 N–H and O–H groups in total. The highest BCUT2D eigenvalue weighted by atomic mass is 32.1. The van der Waals surface area contributed by atoms with Crippen LogP contribution in [0.2, 0.25) is 0 Å². The summed E-state index contributed by atoms with van der Waals surface area (Å²) in [7, 11) is 0. The number of para-hydroxylation sites is 1. The molecule has 8 heteroatoms. The van der Waals surface area contributed by atoms with Gasteiger partial charge in [0.2, 0.25) is 0 Å². The van der Waals surface area contributed by atoms with E-state index in [1.165, 1.54) is 6.07 Å². The van der Waals surface area contributed by atoms with Gasteiger partial charge in [0.25, 0.3) is 0 Å². The summed E-state index contributed by atoms with van der Waals surface area (Å²) in [6, 6.07) is 11.5. The lowest BCUT2D eigenvalue weighted by molar-refractivity contribution is 0.497. The number of thiol groups is 1. The van der Waals surface area contributed by atoms with Gasteiger partial charge in [-0.15, -0.1) is 12.6 Å². The lowest BCUT2D eigenvalue weighted by Gasteiger charge is -2.15. The van der Waals surface area contributed by atoms with Crippen LogP contribution < -0.4 is 11.1 Å². The molecule has 0 fully saturated rings. The van der Waals surface area contributed by atoms with Crippen LogP contribution in [0.15, 0.2) is 64.6 Å². The Balaban J connectivity index is 0.00000280. The third-order valence-corrected chi connectivity index (χ3v) is 4.09. The molecule has 0 saturated carbocycles. The Morgan fingerprint density at radius 3 is 2.61 bits per heavy atom. The maximum atomic E-state index is 14.2. The predicted octanol–water partition coefficient (Wildman–Crippen LogP) is 5.51. The van der Waals surface area contributed by atoms with Gasteiger partial charge < -0.3 is 11.1 Å². The van der Waals surface area contributed by atoms with E-state index in [9.17, 15) is 13.2 Å². The largest absolute Gasteiger partial charge is 0.370 e. The van der Waals surface area contributed by atoms with E-state index < -0.39 is 17.5 Å². The molecular weight excluding hydrogens is 385 g/mol. The number of rotatable bonds is 4. The van der Waals surface area contributed by atoms with Gasteiger partial charge in [-0.3, -0.25) is 4.98 Å². The van der Waals surface area contributed by atoms with Gasteiger partial charge in [-0.1, -0.05) is 25.6 Å². The average Bonchev–Trinajstić information content (AvgIpc) is 2.65. The first-order valence-corrected chi connectivity index (χ1v) is 8.34. The van der Waals surface area contributed by atoms with Crippen LogP contribution >= 0.6 is 12.6 Å². The summed E-state index contributed by atoms with van der Waals surface area (Å²) < 4.78 is 41.4. The number of anilines is 1. The van der Waals surface area contributed by atoms with E-state index in [1.54, 1.807) is 30.5 Å². The number of nitrogens with two attached hydrogens (primary N) is 1. The molecule has 2 aromatic carbocycles. The van der Waals surface area contributed by atoms with Crippen molar-refractivity contribution in [3.05, 3.63) is 77.9 Å². The third kappa shape index (κ3) is 4.83. The van der Waals surface area contributed by atoms with Crippen molar-refractivity contribution < 1.29 is 16.0 Å². The lowest BCUT2D eigenvalue weighted by atomic mass is 10.0. The number of hydrogen-bond donors (Lipinski definition) is 3. The summed E-state index contributed by atoms with van der Waals surface area (Å²) in [6.45, 7) is 0.229. The van der Waals surface area contributed by atoms with Crippen molar-refractivity contribution in [2.24, 2.45) is 10.7 Å². The number of aromatic nitrogens is 1. The minimum Gasteiger partial charge on any atom is -0.370 e. The minimum atomic E-state index is -1.28. The molecule has 1 heterocycles. The van der Waals surface area contributed by atoms with Crippen molar-refractivity contribution in [3.8, 4) is 11.1 Å². The molecule has 0 bridgehead atoms. The standard InChI is InChI=1S/C19H15F3N4S.CH4.2H2/c20-11-8-14(17(22)15(21)9-11)13-5-3-6-16(27)18(13)26-19(23)25-10-12-4-1-2-7-24-12;;;/h1-9,27H,10H2,(H3,23,25,26);1H4;2*1H. The third-order valence-electron chi connectivity index (χ3n) is 3.72. The second kappa shape index (κ2) is 9.27. The molecule has 28 heavy (non-hydrogen) atoms.